The van der Waals surface area contributed by atoms with Crippen LogP contribution in [0.4, 0.5) is 0 Å². The van der Waals surface area contributed by atoms with Crippen molar-refractivity contribution in [2.45, 2.75) is 64.5 Å². The normalized spacial score (nSPS) is 19.9. The minimum Gasteiger partial charge on any atom is -0.371 e. The van der Waals surface area contributed by atoms with Crippen LogP contribution in [0, 0.1) is 0 Å². The standard InChI is InChI=1S/C12H25N3O/c1-10(2)16-9-12(15-13)14-11-7-5-3-4-6-8-11/h10-11H,3-9,13H2,1-2H3,(H,14,15). The topological polar surface area (TPSA) is 59.6 Å². The van der Waals surface area contributed by atoms with Crippen molar-refractivity contribution in [2.75, 3.05) is 6.61 Å². The third-order valence-electron chi connectivity index (χ3n) is 2.88. The highest BCUT2D eigenvalue weighted by Crippen LogP contribution is 2.19. The van der Waals surface area contributed by atoms with Gasteiger partial charge in [-0.25, -0.2) is 5.84 Å². The van der Waals surface area contributed by atoms with Gasteiger partial charge >= 0.3 is 0 Å². The molecule has 16 heavy (non-hydrogen) atoms. The van der Waals surface area contributed by atoms with Gasteiger partial charge < -0.3 is 10.2 Å². The SMILES string of the molecule is CC(C)OCC(=NC1CCCCCC1)NN. The van der Waals surface area contributed by atoms with E-state index in [1.54, 1.807) is 0 Å². The number of amidine groups is 1. The van der Waals surface area contributed by atoms with Gasteiger partial charge in [0.1, 0.15) is 12.4 Å². The molecule has 1 aliphatic rings. The van der Waals surface area contributed by atoms with Gasteiger partial charge in [0.2, 0.25) is 0 Å². The maximum Gasteiger partial charge on any atom is 0.137 e. The fourth-order valence-corrected chi connectivity index (χ4v) is 1.97. The second-order valence-corrected chi connectivity index (χ2v) is 4.73. The van der Waals surface area contributed by atoms with E-state index in [9.17, 15) is 0 Å². The number of hydrazine groups is 1. The van der Waals surface area contributed by atoms with Crippen molar-refractivity contribution in [1.82, 2.24) is 5.43 Å². The van der Waals surface area contributed by atoms with Crippen molar-refractivity contribution in [3.8, 4) is 0 Å². The molecule has 0 spiro atoms. The van der Waals surface area contributed by atoms with Crippen molar-refractivity contribution in [2.24, 2.45) is 10.8 Å². The van der Waals surface area contributed by atoms with Crippen LogP contribution in [-0.4, -0.2) is 24.6 Å². The van der Waals surface area contributed by atoms with Crippen molar-refractivity contribution < 1.29 is 4.74 Å². The summed E-state index contributed by atoms with van der Waals surface area (Å²) in [6.07, 6.45) is 7.86. The highest BCUT2D eigenvalue weighted by atomic mass is 16.5. The summed E-state index contributed by atoms with van der Waals surface area (Å²) in [6.45, 7) is 4.52. The van der Waals surface area contributed by atoms with Crippen LogP contribution < -0.4 is 11.3 Å². The van der Waals surface area contributed by atoms with Gasteiger partial charge in [-0.2, -0.15) is 0 Å². The van der Waals surface area contributed by atoms with Gasteiger partial charge in [0.15, 0.2) is 0 Å². The molecule has 4 nitrogen and oxygen atoms in total. The first-order chi connectivity index (χ1) is 7.72. The highest BCUT2D eigenvalue weighted by Gasteiger charge is 2.12. The molecule has 0 radical (unpaired) electrons. The molecular formula is C12H25N3O. The molecule has 1 fully saturated rings. The predicted octanol–water partition coefficient (Wildman–Crippen LogP) is 2.00. The Hall–Kier alpha value is -0.610. The van der Waals surface area contributed by atoms with Crippen LogP contribution in [0.1, 0.15) is 52.4 Å². The van der Waals surface area contributed by atoms with Gasteiger partial charge in [0.25, 0.3) is 0 Å². The number of nitrogens with zero attached hydrogens (tertiary/aromatic N) is 1. The van der Waals surface area contributed by atoms with Gasteiger partial charge in [-0.15, -0.1) is 0 Å². The molecule has 0 aromatic heterocycles. The van der Waals surface area contributed by atoms with E-state index in [0.29, 0.717) is 12.6 Å². The van der Waals surface area contributed by atoms with E-state index in [1.807, 2.05) is 13.8 Å². The zero-order valence-electron chi connectivity index (χ0n) is 10.5. The van der Waals surface area contributed by atoms with Gasteiger partial charge in [0, 0.05) is 0 Å². The summed E-state index contributed by atoms with van der Waals surface area (Å²) in [5, 5.41) is 0. The molecule has 4 heteroatoms. The fraction of sp³-hybridized carbons (Fsp3) is 0.917. The predicted molar refractivity (Wildman–Crippen MR) is 67.3 cm³/mol. The van der Waals surface area contributed by atoms with Crippen LogP contribution >= 0.6 is 0 Å². The summed E-state index contributed by atoms with van der Waals surface area (Å²) >= 11 is 0. The Bertz CT molecular complexity index is 208. The second-order valence-electron chi connectivity index (χ2n) is 4.73. The van der Waals surface area contributed by atoms with E-state index in [4.69, 9.17) is 10.6 Å². The Morgan fingerprint density at radius 2 is 1.94 bits per heavy atom. The van der Waals surface area contributed by atoms with Gasteiger partial charge in [-0.05, 0) is 26.7 Å². The molecule has 1 saturated carbocycles. The van der Waals surface area contributed by atoms with Crippen LogP contribution in [0.5, 0.6) is 0 Å². The second kappa shape index (κ2) is 7.63. The quantitative estimate of drug-likeness (QED) is 0.254. The van der Waals surface area contributed by atoms with Gasteiger partial charge in [-0.1, -0.05) is 25.7 Å². The van der Waals surface area contributed by atoms with Gasteiger partial charge in [0.05, 0.1) is 12.1 Å². The summed E-state index contributed by atoms with van der Waals surface area (Å²) in [6, 6.07) is 0.435. The molecule has 0 aromatic rings. The fourth-order valence-electron chi connectivity index (χ4n) is 1.97. The van der Waals surface area contributed by atoms with Crippen LogP contribution in [0.2, 0.25) is 0 Å². The van der Waals surface area contributed by atoms with E-state index < -0.39 is 0 Å². The lowest BCUT2D eigenvalue weighted by Gasteiger charge is -2.14. The molecular weight excluding hydrogens is 202 g/mol. The number of hydrogen-bond acceptors (Lipinski definition) is 3. The zero-order valence-corrected chi connectivity index (χ0v) is 10.5. The van der Waals surface area contributed by atoms with Crippen molar-refractivity contribution in [3.63, 3.8) is 0 Å². The molecule has 1 aliphatic carbocycles. The highest BCUT2D eigenvalue weighted by molar-refractivity contribution is 5.83. The number of ether oxygens (including phenoxy) is 1. The molecule has 0 saturated heterocycles. The number of rotatable bonds is 4. The van der Waals surface area contributed by atoms with E-state index in [0.717, 1.165) is 5.84 Å². The Morgan fingerprint density at radius 3 is 2.44 bits per heavy atom. The van der Waals surface area contributed by atoms with Gasteiger partial charge in [-0.3, -0.25) is 4.99 Å². The lowest BCUT2D eigenvalue weighted by molar-refractivity contribution is 0.109. The Balaban J connectivity index is 2.42. The molecule has 0 unspecified atom stereocenters. The maximum atomic E-state index is 5.49. The molecule has 0 amide bonds. The third kappa shape index (κ3) is 5.47. The largest absolute Gasteiger partial charge is 0.371 e. The smallest absolute Gasteiger partial charge is 0.137 e. The lowest BCUT2D eigenvalue weighted by atomic mass is 10.1. The first kappa shape index (κ1) is 13.5. The summed E-state index contributed by atoms with van der Waals surface area (Å²) in [7, 11) is 0. The Kier molecular flexibility index (Phi) is 6.42. The van der Waals surface area contributed by atoms with Crippen molar-refractivity contribution in [3.05, 3.63) is 0 Å². The van der Waals surface area contributed by atoms with Crippen LogP contribution in [0.25, 0.3) is 0 Å². The number of nitrogens with two attached hydrogens (primary N) is 1. The average Bonchev–Trinajstić information content (AvgIpc) is 2.52. The van der Waals surface area contributed by atoms with E-state index in [-0.39, 0.29) is 6.10 Å². The molecule has 1 rings (SSSR count). The molecule has 3 N–H and O–H groups in total. The van der Waals surface area contributed by atoms with Crippen molar-refractivity contribution >= 4 is 5.84 Å². The third-order valence-corrected chi connectivity index (χ3v) is 2.88. The Morgan fingerprint density at radius 1 is 1.31 bits per heavy atom. The first-order valence-corrected chi connectivity index (χ1v) is 6.37. The summed E-state index contributed by atoms with van der Waals surface area (Å²) in [5.41, 5.74) is 2.65. The van der Waals surface area contributed by atoms with E-state index >= 15 is 0 Å². The van der Waals surface area contributed by atoms with Crippen LogP contribution in [0.3, 0.4) is 0 Å². The maximum absolute atomic E-state index is 5.49. The van der Waals surface area contributed by atoms with E-state index in [2.05, 4.69) is 10.4 Å². The summed E-state index contributed by atoms with van der Waals surface area (Å²) < 4.78 is 5.49. The minimum atomic E-state index is 0.215. The lowest BCUT2D eigenvalue weighted by Crippen LogP contribution is -2.35. The number of aliphatic imine (C=N–C) groups is 1. The number of nitrogens with one attached hydrogen (secondary N) is 1. The number of hydrogen-bond donors (Lipinski definition) is 2. The summed E-state index contributed by atoms with van der Waals surface area (Å²) in [4.78, 5) is 4.64. The molecule has 0 heterocycles. The zero-order chi connectivity index (χ0) is 11.8. The average molecular weight is 227 g/mol. The first-order valence-electron chi connectivity index (χ1n) is 6.37. The summed E-state index contributed by atoms with van der Waals surface area (Å²) in [5.74, 6) is 6.23. The molecule has 94 valence electrons. The Labute approximate surface area is 98.6 Å². The minimum absolute atomic E-state index is 0.215. The van der Waals surface area contributed by atoms with E-state index in [1.165, 1.54) is 38.5 Å². The monoisotopic (exact) mass is 227 g/mol. The molecule has 0 aromatic carbocycles. The van der Waals surface area contributed by atoms with Crippen molar-refractivity contribution in [1.29, 1.82) is 0 Å². The molecule has 0 bridgehead atoms. The molecule has 0 aliphatic heterocycles. The van der Waals surface area contributed by atoms with Crippen LogP contribution in [0.15, 0.2) is 4.99 Å². The van der Waals surface area contributed by atoms with Crippen LogP contribution in [-0.2, 0) is 4.74 Å². The molecule has 0 atom stereocenters.